The number of hydrogen-bond acceptors (Lipinski definition) is 9. The largest absolute Gasteiger partial charge is 0.369 e. The second kappa shape index (κ2) is 12.4. The van der Waals surface area contributed by atoms with Crippen LogP contribution in [-0.2, 0) is 19.7 Å². The van der Waals surface area contributed by atoms with Crippen molar-refractivity contribution in [3.8, 4) is 0 Å². The van der Waals surface area contributed by atoms with Crippen molar-refractivity contribution < 1.29 is 27.2 Å². The minimum atomic E-state index is -4.03. The molecule has 200 valence electrons. The number of aromatic nitrogens is 2. The van der Waals surface area contributed by atoms with Crippen molar-refractivity contribution in [3.63, 3.8) is 0 Å². The van der Waals surface area contributed by atoms with Gasteiger partial charge in [0.25, 0.3) is 15.9 Å². The van der Waals surface area contributed by atoms with Gasteiger partial charge in [0.1, 0.15) is 0 Å². The van der Waals surface area contributed by atoms with Gasteiger partial charge in [0, 0.05) is 38.1 Å². The average Bonchev–Trinajstić information content (AvgIpc) is 2.94. The van der Waals surface area contributed by atoms with Crippen LogP contribution in [-0.4, -0.2) is 55.9 Å². The number of sulfonamides is 1. The number of nitrogens with one attached hydrogen (secondary N) is 3. The Morgan fingerprint density at radius 2 is 1.71 bits per heavy atom. The summed E-state index contributed by atoms with van der Waals surface area (Å²) in [5, 5.41) is 5.74. The molecule has 3 N–H and O–H groups in total. The van der Waals surface area contributed by atoms with Crippen molar-refractivity contribution in [2.45, 2.75) is 30.2 Å². The van der Waals surface area contributed by atoms with E-state index in [1.165, 1.54) is 30.3 Å². The van der Waals surface area contributed by atoms with E-state index in [4.69, 9.17) is 0 Å². The maximum Gasteiger partial charge on any atom is 0.327 e. The highest BCUT2D eigenvalue weighted by molar-refractivity contribution is 7.89. The van der Waals surface area contributed by atoms with E-state index in [0.29, 0.717) is 24.7 Å². The third-order valence-corrected chi connectivity index (χ3v) is 7.09. The number of hydrogen-bond donors (Lipinski definition) is 3. The molecular weight excluding hydrogens is 515 g/mol. The van der Waals surface area contributed by atoms with Crippen molar-refractivity contribution >= 4 is 33.5 Å². The van der Waals surface area contributed by atoms with Crippen molar-refractivity contribution in [1.29, 1.82) is 0 Å². The second-order valence-electron chi connectivity index (χ2n) is 8.50. The summed E-state index contributed by atoms with van der Waals surface area (Å²) in [6.07, 6.45) is 4.48. The Hall–Kier alpha value is -4.10. The molecular formula is C25H27FN6O5S. The average molecular weight is 543 g/mol. The Labute approximate surface area is 219 Å². The fourth-order valence-corrected chi connectivity index (χ4v) is 4.75. The van der Waals surface area contributed by atoms with Crippen LogP contribution in [0.3, 0.4) is 0 Å². The zero-order chi connectivity index (χ0) is 27.0. The van der Waals surface area contributed by atoms with Crippen LogP contribution < -0.4 is 20.4 Å². The third-order valence-electron chi connectivity index (χ3n) is 5.89. The molecule has 38 heavy (non-hydrogen) atoms. The molecule has 13 heteroatoms. The van der Waals surface area contributed by atoms with E-state index in [1.807, 2.05) is 4.90 Å². The molecule has 4 rings (SSSR count). The molecule has 1 aliphatic rings. The topological polar surface area (TPSA) is 143 Å². The molecule has 1 aliphatic heterocycles. The minimum Gasteiger partial charge on any atom is -0.369 e. The molecule has 0 bridgehead atoms. The van der Waals surface area contributed by atoms with E-state index in [-0.39, 0.29) is 29.5 Å². The quantitative estimate of drug-likeness (QED) is 0.329. The molecule has 0 radical (unpaired) electrons. The number of nitrogens with zero attached hydrogens (tertiary/aromatic N) is 3. The molecule has 1 aromatic heterocycles. The molecule has 2 aromatic carbocycles. The summed E-state index contributed by atoms with van der Waals surface area (Å²) in [5.41, 5.74) is 0.167. The van der Waals surface area contributed by atoms with Crippen LogP contribution in [0.25, 0.3) is 0 Å². The lowest BCUT2D eigenvalue weighted by molar-refractivity contribution is -0.146. The highest BCUT2D eigenvalue weighted by atomic mass is 32.2. The van der Waals surface area contributed by atoms with Crippen LogP contribution in [0.1, 0.15) is 29.6 Å². The number of rotatable bonds is 10. The Kier molecular flexibility index (Phi) is 8.81. The summed E-state index contributed by atoms with van der Waals surface area (Å²) in [7, 11) is -4.03. The van der Waals surface area contributed by atoms with Crippen molar-refractivity contribution in [1.82, 2.24) is 20.2 Å². The number of piperidine rings is 1. The minimum absolute atomic E-state index is 0.0674. The van der Waals surface area contributed by atoms with Crippen LogP contribution in [0.2, 0.25) is 0 Å². The lowest BCUT2D eigenvalue weighted by Gasteiger charge is -2.34. The molecule has 0 unspecified atom stereocenters. The Bertz CT molecular complexity index is 1350. The second-order valence-corrected chi connectivity index (χ2v) is 10.1. The van der Waals surface area contributed by atoms with Crippen molar-refractivity contribution in [2.24, 2.45) is 0 Å². The van der Waals surface area contributed by atoms with Gasteiger partial charge in [-0.1, -0.05) is 24.3 Å². The maximum atomic E-state index is 15.2. The zero-order valence-electron chi connectivity index (χ0n) is 20.3. The van der Waals surface area contributed by atoms with E-state index >= 15 is 4.39 Å². The van der Waals surface area contributed by atoms with Gasteiger partial charge in [-0.25, -0.2) is 22.8 Å². The van der Waals surface area contributed by atoms with Crippen molar-refractivity contribution in [3.05, 3.63) is 78.4 Å². The van der Waals surface area contributed by atoms with Gasteiger partial charge < -0.3 is 20.4 Å². The van der Waals surface area contributed by atoms with E-state index < -0.39 is 27.7 Å². The summed E-state index contributed by atoms with van der Waals surface area (Å²) < 4.78 is 39.4. The van der Waals surface area contributed by atoms with Crippen LogP contribution in [0.15, 0.2) is 71.9 Å². The highest BCUT2D eigenvalue weighted by Gasteiger charge is 2.24. The van der Waals surface area contributed by atoms with E-state index in [9.17, 15) is 18.0 Å². The van der Waals surface area contributed by atoms with Gasteiger partial charge in [-0.2, -0.15) is 0 Å². The van der Waals surface area contributed by atoms with Crippen LogP contribution in [0.4, 0.5) is 16.0 Å². The molecule has 1 fully saturated rings. The lowest BCUT2D eigenvalue weighted by atomic mass is 10.0. The number of amides is 1. The Balaban J connectivity index is 1.25. The number of carbonyl (C=O) groups is 2. The summed E-state index contributed by atoms with van der Waals surface area (Å²) >= 11 is 0. The van der Waals surface area contributed by atoms with E-state index in [2.05, 4.69) is 25.4 Å². The summed E-state index contributed by atoms with van der Waals surface area (Å²) in [4.78, 5) is 41.0. The molecule has 1 amide bonds. The molecule has 0 aliphatic carbocycles. The maximum absolute atomic E-state index is 15.2. The Morgan fingerprint density at radius 3 is 2.42 bits per heavy atom. The van der Waals surface area contributed by atoms with Gasteiger partial charge in [0.2, 0.25) is 5.95 Å². The molecule has 11 nitrogen and oxygen atoms in total. The monoisotopic (exact) mass is 542 g/mol. The lowest BCUT2D eigenvalue weighted by Crippen LogP contribution is -2.40. The molecule has 3 aromatic rings. The molecule has 0 saturated carbocycles. The summed E-state index contributed by atoms with van der Waals surface area (Å²) in [5.74, 6) is -1.70. The number of benzene rings is 2. The van der Waals surface area contributed by atoms with Gasteiger partial charge in [-0.3, -0.25) is 9.59 Å². The van der Waals surface area contributed by atoms with Crippen LogP contribution in [0, 0.1) is 5.82 Å². The van der Waals surface area contributed by atoms with Crippen LogP contribution >= 0.6 is 0 Å². The summed E-state index contributed by atoms with van der Waals surface area (Å²) in [6, 6.07) is 13.9. The fourth-order valence-electron chi connectivity index (χ4n) is 3.93. The number of anilines is 2. The number of carbonyl (C=O) groups excluding carboxylic acids is 2. The molecule has 0 atom stereocenters. The zero-order valence-corrected chi connectivity index (χ0v) is 21.2. The first-order valence-corrected chi connectivity index (χ1v) is 13.4. The van der Waals surface area contributed by atoms with Gasteiger partial charge >= 0.3 is 5.97 Å². The van der Waals surface area contributed by atoms with Gasteiger partial charge in [-0.15, -0.1) is 0 Å². The predicted molar refractivity (Wildman–Crippen MR) is 137 cm³/mol. The first kappa shape index (κ1) is 26.9. The van der Waals surface area contributed by atoms with Crippen LogP contribution in [0.5, 0.6) is 0 Å². The molecule has 0 spiro atoms. The number of halogens is 1. The van der Waals surface area contributed by atoms with E-state index in [1.54, 1.807) is 41.5 Å². The highest BCUT2D eigenvalue weighted by Crippen LogP contribution is 2.26. The van der Waals surface area contributed by atoms with Gasteiger partial charge in [0.15, 0.2) is 5.82 Å². The molecule has 2 heterocycles. The SMILES string of the molecule is O=C(CCNC(=O)c1cccc(N2CCC(Nc3ncccn3)CC2)c1F)ONS(=O)(=O)c1ccccc1. The summed E-state index contributed by atoms with van der Waals surface area (Å²) in [6.45, 7) is 0.988. The normalized spacial score (nSPS) is 14.1. The molecule has 1 saturated heterocycles. The predicted octanol–water partition coefficient (Wildman–Crippen LogP) is 2.25. The first-order valence-electron chi connectivity index (χ1n) is 12.0. The smallest absolute Gasteiger partial charge is 0.327 e. The standard InChI is InChI=1S/C25H27FN6O5S/c26-23-20(24(34)27-15-10-22(33)37-31-38(35,36)19-6-2-1-3-7-19)8-4-9-21(23)32-16-11-18(12-17-32)30-25-28-13-5-14-29-25/h1-9,13-14,18,31H,10-12,15-17H2,(H,27,34)(H,28,29,30). The van der Waals surface area contributed by atoms with E-state index in [0.717, 1.165) is 12.8 Å². The van der Waals surface area contributed by atoms with Gasteiger partial charge in [-0.05, 0) is 48.1 Å². The van der Waals surface area contributed by atoms with Gasteiger partial charge in [0.05, 0.1) is 22.6 Å². The third kappa shape index (κ3) is 7.01. The Morgan fingerprint density at radius 1 is 1.00 bits per heavy atom. The first-order chi connectivity index (χ1) is 18.3. The fraction of sp³-hybridized carbons (Fsp3) is 0.280. The van der Waals surface area contributed by atoms with Crippen molar-refractivity contribution in [2.75, 3.05) is 29.9 Å².